The largest absolute Gasteiger partial charge is 0.278 e. The number of pyridine rings is 1. The first kappa shape index (κ1) is 22.8. The molecule has 0 saturated carbocycles. The van der Waals surface area contributed by atoms with Crippen molar-refractivity contribution >= 4 is 21.8 Å². The van der Waals surface area contributed by atoms with Gasteiger partial charge in [-0.05, 0) is 46.5 Å². The van der Waals surface area contributed by atoms with E-state index in [-0.39, 0.29) is 5.41 Å². The van der Waals surface area contributed by atoms with Crippen molar-refractivity contribution in [2.75, 3.05) is 0 Å². The van der Waals surface area contributed by atoms with Crippen molar-refractivity contribution < 1.29 is 0 Å². The van der Waals surface area contributed by atoms with Crippen LogP contribution in [0.1, 0.15) is 25.0 Å². The number of fused-ring (bicyclic) bond motifs is 6. The first-order chi connectivity index (χ1) is 19.6. The third kappa shape index (κ3) is 3.27. The van der Waals surface area contributed by atoms with E-state index in [9.17, 15) is 0 Å². The van der Waals surface area contributed by atoms with Crippen LogP contribution in [0.3, 0.4) is 0 Å². The molecule has 0 saturated heterocycles. The zero-order valence-corrected chi connectivity index (χ0v) is 22.2. The van der Waals surface area contributed by atoms with Crippen molar-refractivity contribution in [2.45, 2.75) is 19.3 Å². The van der Waals surface area contributed by atoms with Crippen LogP contribution in [0.25, 0.3) is 61.7 Å². The van der Waals surface area contributed by atoms with Crippen LogP contribution in [0.15, 0.2) is 116 Å². The van der Waals surface area contributed by atoms with Crippen LogP contribution in [-0.4, -0.2) is 24.5 Å². The lowest BCUT2D eigenvalue weighted by Crippen LogP contribution is -2.15. The van der Waals surface area contributed by atoms with E-state index < -0.39 is 0 Å². The van der Waals surface area contributed by atoms with Gasteiger partial charge in [-0.3, -0.25) is 9.55 Å². The number of hydrogen-bond acceptors (Lipinski definition) is 4. The zero-order valence-electron chi connectivity index (χ0n) is 22.2. The maximum Gasteiger partial charge on any atom is 0.238 e. The summed E-state index contributed by atoms with van der Waals surface area (Å²) in [6, 6.07) is 35.6. The fourth-order valence-corrected chi connectivity index (χ4v) is 6.14. The first-order valence-corrected chi connectivity index (χ1v) is 13.5. The summed E-state index contributed by atoms with van der Waals surface area (Å²) in [4.78, 5) is 19.5. The molecular weight excluding hydrogens is 490 g/mol. The van der Waals surface area contributed by atoms with Crippen molar-refractivity contribution in [3.8, 4) is 39.9 Å². The summed E-state index contributed by atoms with van der Waals surface area (Å²) in [7, 11) is 0. The molecule has 1 aliphatic rings. The molecule has 5 nitrogen and oxygen atoms in total. The molecule has 5 heteroatoms. The fraction of sp³-hybridized carbons (Fsp3) is 0.0857. The predicted octanol–water partition coefficient (Wildman–Crippen LogP) is 8.00. The highest BCUT2D eigenvalue weighted by molar-refractivity contribution is 6.11. The zero-order chi connectivity index (χ0) is 26.8. The van der Waals surface area contributed by atoms with Crippen molar-refractivity contribution in [1.29, 1.82) is 0 Å². The highest BCUT2D eigenvalue weighted by Crippen LogP contribution is 2.50. The van der Waals surface area contributed by atoms with Gasteiger partial charge in [-0.1, -0.05) is 92.7 Å². The van der Waals surface area contributed by atoms with Gasteiger partial charge in [0.25, 0.3) is 0 Å². The molecule has 0 amide bonds. The Hall–Kier alpha value is -5.16. The first-order valence-electron chi connectivity index (χ1n) is 13.5. The average Bonchev–Trinajstić information content (AvgIpc) is 3.45. The smallest absolute Gasteiger partial charge is 0.238 e. The topological polar surface area (TPSA) is 56.5 Å². The maximum atomic E-state index is 5.07. The second kappa shape index (κ2) is 8.42. The average molecular weight is 516 g/mol. The maximum absolute atomic E-state index is 5.07. The molecule has 0 N–H and O–H groups in total. The molecule has 190 valence electrons. The summed E-state index contributed by atoms with van der Waals surface area (Å²) in [6.07, 6.45) is 3.90. The molecule has 0 unspecified atom stereocenters. The molecule has 0 bridgehead atoms. The third-order valence-corrected chi connectivity index (χ3v) is 8.16. The van der Waals surface area contributed by atoms with Crippen LogP contribution in [0.2, 0.25) is 0 Å². The summed E-state index contributed by atoms with van der Waals surface area (Å²) in [5, 5.41) is 2.35. The highest BCUT2D eigenvalue weighted by Gasteiger charge is 2.36. The van der Waals surface area contributed by atoms with Crippen LogP contribution in [0.4, 0.5) is 0 Å². The van der Waals surface area contributed by atoms with Crippen LogP contribution < -0.4 is 0 Å². The molecule has 4 aromatic carbocycles. The van der Waals surface area contributed by atoms with E-state index in [2.05, 4.69) is 65.9 Å². The Morgan fingerprint density at radius 3 is 1.93 bits per heavy atom. The summed E-state index contributed by atoms with van der Waals surface area (Å²) in [5.74, 6) is 1.90. The van der Waals surface area contributed by atoms with E-state index in [1.807, 2.05) is 73.1 Å². The van der Waals surface area contributed by atoms with E-state index in [0.717, 1.165) is 22.2 Å². The lowest BCUT2D eigenvalue weighted by atomic mass is 9.83. The molecular formula is C35H25N5. The minimum absolute atomic E-state index is 0.169. The third-order valence-electron chi connectivity index (χ3n) is 8.16. The van der Waals surface area contributed by atoms with Crippen molar-refractivity contribution in [1.82, 2.24) is 24.5 Å². The summed E-state index contributed by atoms with van der Waals surface area (Å²) >= 11 is 0. The Kier molecular flexibility index (Phi) is 4.80. The number of para-hydroxylation sites is 1. The number of nitrogens with zero attached hydrogens (tertiary/aromatic N) is 5. The van der Waals surface area contributed by atoms with Gasteiger partial charge in [-0.25, -0.2) is 4.98 Å². The number of benzene rings is 4. The molecule has 8 rings (SSSR count). The van der Waals surface area contributed by atoms with Crippen LogP contribution in [0, 0.1) is 0 Å². The molecule has 3 aromatic heterocycles. The molecule has 0 spiro atoms. The van der Waals surface area contributed by atoms with E-state index >= 15 is 0 Å². The van der Waals surface area contributed by atoms with Gasteiger partial charge in [0, 0.05) is 39.7 Å². The van der Waals surface area contributed by atoms with Crippen LogP contribution >= 0.6 is 0 Å². The SMILES string of the molecule is CC1(C)c2cnccc2-c2cc3c4ccccc4n(-c4nc(-c5ccccc5)nc(-c5ccccc5)n4)c3cc21. The van der Waals surface area contributed by atoms with Crippen molar-refractivity contribution in [2.24, 2.45) is 0 Å². The van der Waals surface area contributed by atoms with Gasteiger partial charge >= 0.3 is 0 Å². The van der Waals surface area contributed by atoms with Crippen LogP contribution in [-0.2, 0) is 5.41 Å². The second-order valence-corrected chi connectivity index (χ2v) is 10.8. The fourth-order valence-electron chi connectivity index (χ4n) is 6.14. The second-order valence-electron chi connectivity index (χ2n) is 10.8. The lowest BCUT2D eigenvalue weighted by Gasteiger charge is -2.21. The molecule has 7 aromatic rings. The van der Waals surface area contributed by atoms with Gasteiger partial charge in [-0.15, -0.1) is 0 Å². The minimum Gasteiger partial charge on any atom is -0.278 e. The molecule has 0 aliphatic heterocycles. The summed E-state index contributed by atoms with van der Waals surface area (Å²) in [5.41, 5.74) is 8.95. The number of hydrogen-bond donors (Lipinski definition) is 0. The van der Waals surface area contributed by atoms with Gasteiger partial charge < -0.3 is 0 Å². The Balaban J connectivity index is 1.46. The quantitative estimate of drug-likeness (QED) is 0.239. The molecule has 3 heterocycles. The molecule has 40 heavy (non-hydrogen) atoms. The van der Waals surface area contributed by atoms with Gasteiger partial charge in [0.05, 0.1) is 11.0 Å². The normalized spacial score (nSPS) is 13.4. The Morgan fingerprint density at radius 1 is 0.575 bits per heavy atom. The Labute approximate surface area is 231 Å². The van der Waals surface area contributed by atoms with Gasteiger partial charge in [0.15, 0.2) is 11.6 Å². The Bertz CT molecular complexity index is 2020. The highest BCUT2D eigenvalue weighted by atomic mass is 15.2. The van der Waals surface area contributed by atoms with Crippen LogP contribution in [0.5, 0.6) is 0 Å². The molecule has 0 atom stereocenters. The van der Waals surface area contributed by atoms with E-state index in [4.69, 9.17) is 15.0 Å². The standard InChI is InChI=1S/C35H25N5/c1-35(2)28-20-31-27(19-26(28)24-17-18-36-21-29(24)35)25-15-9-10-16-30(25)40(31)34-38-32(22-11-5-3-6-12-22)37-33(39-34)23-13-7-4-8-14-23/h3-21H,1-2H3. The number of aromatic nitrogens is 5. The summed E-state index contributed by atoms with van der Waals surface area (Å²) < 4.78 is 2.20. The van der Waals surface area contributed by atoms with Crippen molar-refractivity contribution in [3.05, 3.63) is 127 Å². The molecule has 0 radical (unpaired) electrons. The molecule has 1 aliphatic carbocycles. The minimum atomic E-state index is -0.169. The van der Waals surface area contributed by atoms with Crippen molar-refractivity contribution in [3.63, 3.8) is 0 Å². The monoisotopic (exact) mass is 515 g/mol. The lowest BCUT2D eigenvalue weighted by molar-refractivity contribution is 0.657. The number of rotatable bonds is 3. The van der Waals surface area contributed by atoms with E-state index in [1.165, 1.54) is 33.0 Å². The predicted molar refractivity (Wildman–Crippen MR) is 160 cm³/mol. The Morgan fingerprint density at radius 2 is 1.23 bits per heavy atom. The van der Waals surface area contributed by atoms with E-state index in [1.54, 1.807) is 0 Å². The van der Waals surface area contributed by atoms with Gasteiger partial charge in [0.2, 0.25) is 5.95 Å². The van der Waals surface area contributed by atoms with Gasteiger partial charge in [-0.2, -0.15) is 9.97 Å². The van der Waals surface area contributed by atoms with E-state index in [0.29, 0.717) is 17.6 Å². The molecule has 0 fully saturated rings. The van der Waals surface area contributed by atoms with Gasteiger partial charge in [0.1, 0.15) is 0 Å². The summed E-state index contributed by atoms with van der Waals surface area (Å²) in [6.45, 7) is 4.56.